The number of ether oxygens (including phenoxy) is 4. The molecule has 2 aliphatic rings. The Morgan fingerprint density at radius 3 is 1.50 bits per heavy atom. The first-order chi connectivity index (χ1) is 33.1. The standard InChI is InChI=1S/C24H25N7O4.C24H27N7O2.CH3.Pd/c1-28-11-13-29(14-12-28)17-8-9-20(22(16-17)34-2)25-24-26-23(21-7-4-10-30(21)27-24)35-19-6-3-5-18(15-19)31(32)33;1-29-11-13-30(14-12-29)18-8-9-20(22(16-18)32-2)26-24-27-23(21-7-4-10-31(21)28-24)33-19-6-3-5-17(25)15-19;;/h3-10,15-16H,11-14H2,1-2H3,(H,25,27);3-10,15-16H,11-14,25H2,1-2H3,(H,26,28);1H3;/q;;-1;. The number of nitro benzene ring substituents is 1. The third-order valence-corrected chi connectivity index (χ3v) is 11.6. The molecular weight excluding hydrogens is 987 g/mol. The second-order valence-corrected chi connectivity index (χ2v) is 16.3. The van der Waals surface area contributed by atoms with Gasteiger partial charge in [0, 0.05) is 127 Å². The van der Waals surface area contributed by atoms with Crippen LogP contribution in [0.5, 0.6) is 34.8 Å². The fourth-order valence-corrected chi connectivity index (χ4v) is 7.86. The predicted molar refractivity (Wildman–Crippen MR) is 268 cm³/mol. The number of nitro groups is 1. The van der Waals surface area contributed by atoms with E-state index in [1.54, 1.807) is 47.6 Å². The molecule has 0 amide bonds. The van der Waals surface area contributed by atoms with Crippen LogP contribution in [0.1, 0.15) is 0 Å². The molecule has 2 aliphatic heterocycles. The molecule has 0 radical (unpaired) electrons. The average Bonchev–Trinajstić information content (AvgIpc) is 4.04. The number of likely N-dealkylation sites (N-methyl/N-ethyl adjacent to an activating group) is 2. The van der Waals surface area contributed by atoms with Crippen molar-refractivity contribution in [2.24, 2.45) is 0 Å². The molecule has 0 spiro atoms. The van der Waals surface area contributed by atoms with E-state index in [2.05, 4.69) is 70.6 Å². The number of methoxy groups -OCH3 is 2. The zero-order chi connectivity index (χ0) is 47.1. The van der Waals surface area contributed by atoms with Gasteiger partial charge in [0.15, 0.2) is 0 Å². The van der Waals surface area contributed by atoms with Crippen molar-refractivity contribution in [2.75, 3.05) is 107 Å². The van der Waals surface area contributed by atoms with Crippen LogP contribution in [-0.2, 0) is 20.4 Å². The van der Waals surface area contributed by atoms with Crippen LogP contribution in [0.25, 0.3) is 11.0 Å². The van der Waals surface area contributed by atoms with Gasteiger partial charge in [-0.2, -0.15) is 9.97 Å². The fraction of sp³-hybridized carbons (Fsp3) is 0.245. The van der Waals surface area contributed by atoms with Crippen molar-refractivity contribution in [3.63, 3.8) is 0 Å². The summed E-state index contributed by atoms with van der Waals surface area (Å²) in [6, 6.07) is 32.8. The molecule has 2 fully saturated rings. The molecule has 0 atom stereocenters. The molecule has 10 rings (SSSR count). The van der Waals surface area contributed by atoms with Crippen molar-refractivity contribution >= 4 is 57.1 Å². The molecule has 20 nitrogen and oxygen atoms in total. The Morgan fingerprint density at radius 2 is 1.06 bits per heavy atom. The first-order valence-electron chi connectivity index (χ1n) is 22.0. The molecule has 4 aromatic carbocycles. The molecule has 368 valence electrons. The number of anilines is 7. The topological polar surface area (TPSA) is 203 Å². The van der Waals surface area contributed by atoms with E-state index in [-0.39, 0.29) is 39.4 Å². The third-order valence-electron chi connectivity index (χ3n) is 11.6. The van der Waals surface area contributed by atoms with Gasteiger partial charge in [0.2, 0.25) is 23.7 Å². The summed E-state index contributed by atoms with van der Waals surface area (Å²) in [5, 5.41) is 26.7. The molecular formula is C49H55N14O6Pd-. The summed E-state index contributed by atoms with van der Waals surface area (Å²) in [7, 11) is 7.57. The molecule has 21 heteroatoms. The van der Waals surface area contributed by atoms with Crippen LogP contribution in [0.4, 0.5) is 46.0 Å². The summed E-state index contributed by atoms with van der Waals surface area (Å²) < 4.78 is 26.6. The van der Waals surface area contributed by atoms with E-state index >= 15 is 0 Å². The van der Waals surface area contributed by atoms with E-state index in [0.717, 1.165) is 80.7 Å². The van der Waals surface area contributed by atoms with E-state index in [4.69, 9.17) is 24.7 Å². The van der Waals surface area contributed by atoms with Gasteiger partial charge in [-0.15, -0.1) is 10.2 Å². The van der Waals surface area contributed by atoms with Crippen LogP contribution in [0.15, 0.2) is 122 Å². The van der Waals surface area contributed by atoms with Crippen LogP contribution in [0.3, 0.4) is 0 Å². The maximum absolute atomic E-state index is 11.1. The van der Waals surface area contributed by atoms with Crippen molar-refractivity contribution in [2.45, 2.75) is 0 Å². The van der Waals surface area contributed by atoms with Crippen molar-refractivity contribution in [3.8, 4) is 34.8 Å². The minimum Gasteiger partial charge on any atom is -0.494 e. The van der Waals surface area contributed by atoms with E-state index in [1.165, 1.54) is 12.1 Å². The second-order valence-electron chi connectivity index (χ2n) is 16.3. The van der Waals surface area contributed by atoms with E-state index in [1.807, 2.05) is 79.0 Å². The zero-order valence-corrected chi connectivity index (χ0v) is 41.0. The minimum absolute atomic E-state index is 0. The van der Waals surface area contributed by atoms with Gasteiger partial charge in [-0.25, -0.2) is 9.03 Å². The molecule has 2 saturated heterocycles. The third kappa shape index (κ3) is 11.8. The van der Waals surface area contributed by atoms with Crippen molar-refractivity contribution < 1.29 is 44.3 Å². The van der Waals surface area contributed by atoms with Crippen molar-refractivity contribution in [1.82, 2.24) is 39.0 Å². The molecule has 4 aromatic heterocycles. The summed E-state index contributed by atoms with van der Waals surface area (Å²) in [5.41, 5.74) is 11.5. The Bertz CT molecular complexity index is 3040. The second kappa shape index (κ2) is 22.6. The maximum atomic E-state index is 11.1. The Morgan fingerprint density at radius 1 is 0.600 bits per heavy atom. The van der Waals surface area contributed by atoms with E-state index in [9.17, 15) is 10.1 Å². The first kappa shape index (κ1) is 50.2. The smallest absolute Gasteiger partial charge is 0.273 e. The van der Waals surface area contributed by atoms with Gasteiger partial charge in [-0.05, 0) is 80.8 Å². The number of rotatable bonds is 13. The Balaban J connectivity index is 0.000000201. The molecule has 8 aromatic rings. The number of nitrogen functional groups attached to an aromatic ring is 1. The van der Waals surface area contributed by atoms with Crippen LogP contribution in [-0.4, -0.2) is 125 Å². The van der Waals surface area contributed by atoms with Crippen LogP contribution in [0, 0.1) is 17.5 Å². The van der Waals surface area contributed by atoms with Crippen LogP contribution in [0.2, 0.25) is 0 Å². The monoisotopic (exact) mass is 1040 g/mol. The molecule has 0 unspecified atom stereocenters. The number of hydrogen-bond acceptors (Lipinski definition) is 17. The summed E-state index contributed by atoms with van der Waals surface area (Å²) in [6.07, 6.45) is 3.62. The zero-order valence-electron chi connectivity index (χ0n) is 39.5. The summed E-state index contributed by atoms with van der Waals surface area (Å²) in [5.74, 6) is 3.68. The largest absolute Gasteiger partial charge is 0.494 e. The Hall–Kier alpha value is -7.70. The first-order valence-corrected chi connectivity index (χ1v) is 22.0. The fourth-order valence-electron chi connectivity index (χ4n) is 7.86. The molecule has 0 bridgehead atoms. The van der Waals surface area contributed by atoms with Crippen LogP contribution < -0.4 is 45.1 Å². The van der Waals surface area contributed by atoms with Crippen molar-refractivity contribution in [1.29, 1.82) is 0 Å². The molecule has 0 saturated carbocycles. The van der Waals surface area contributed by atoms with Crippen molar-refractivity contribution in [3.05, 3.63) is 139 Å². The van der Waals surface area contributed by atoms with Crippen LogP contribution >= 0.6 is 0 Å². The van der Waals surface area contributed by atoms with Gasteiger partial charge < -0.3 is 62.3 Å². The normalized spacial score (nSPS) is 13.9. The SMILES string of the molecule is COc1cc(N2CCN(C)CC2)ccc1Nc1nc(Oc2cccc(N)c2)c2cccn2n1.COc1cc(N2CCN(C)CC2)ccc1Nc1nc(Oc2cccc([N+](=O)[O-])c2)c2cccn2n1.[CH3-].[Pd]. The van der Waals surface area contributed by atoms with Gasteiger partial charge in [0.1, 0.15) is 34.0 Å². The van der Waals surface area contributed by atoms with Gasteiger partial charge in [-0.1, -0.05) is 12.1 Å². The number of hydrogen-bond donors (Lipinski definition) is 3. The Kier molecular flexibility index (Phi) is 16.2. The van der Waals surface area contributed by atoms with Gasteiger partial charge >= 0.3 is 0 Å². The predicted octanol–water partition coefficient (Wildman–Crippen LogP) is 7.99. The van der Waals surface area contributed by atoms with Gasteiger partial charge in [-0.3, -0.25) is 10.1 Å². The number of nitrogens with two attached hydrogens (primary N) is 1. The quantitative estimate of drug-likeness (QED) is 0.0329. The summed E-state index contributed by atoms with van der Waals surface area (Å²) >= 11 is 0. The van der Waals surface area contributed by atoms with Gasteiger partial charge in [0.05, 0.1) is 36.6 Å². The number of nitrogens with zero attached hydrogens (tertiary/aromatic N) is 11. The summed E-state index contributed by atoms with van der Waals surface area (Å²) in [4.78, 5) is 29.1. The number of non-ortho nitro benzene ring substituents is 1. The number of fused-ring (bicyclic) bond motifs is 2. The average molecular weight is 1040 g/mol. The number of benzene rings is 4. The minimum atomic E-state index is -0.467. The number of piperazine rings is 2. The van der Waals surface area contributed by atoms with E-state index < -0.39 is 4.92 Å². The maximum Gasteiger partial charge on any atom is 0.273 e. The molecule has 0 aliphatic carbocycles. The molecule has 6 heterocycles. The summed E-state index contributed by atoms with van der Waals surface area (Å²) in [6.45, 7) is 8.01. The number of nitrogens with one attached hydrogen (secondary N) is 2. The van der Waals surface area contributed by atoms with Gasteiger partial charge in [0.25, 0.3) is 5.69 Å². The molecule has 4 N–H and O–H groups in total. The van der Waals surface area contributed by atoms with E-state index in [0.29, 0.717) is 51.9 Å². The Labute approximate surface area is 419 Å². The molecule has 70 heavy (non-hydrogen) atoms. The number of aromatic nitrogens is 6.